The summed E-state index contributed by atoms with van der Waals surface area (Å²) in [5.41, 5.74) is 3.94. The van der Waals surface area contributed by atoms with Crippen molar-refractivity contribution in [3.8, 4) is 0 Å². The van der Waals surface area contributed by atoms with E-state index in [2.05, 4.69) is 15.7 Å². The first-order valence-electron chi connectivity index (χ1n) is 6.15. The second-order valence-electron chi connectivity index (χ2n) is 4.18. The Kier molecular flexibility index (Phi) is 4.92. The molecule has 5 nitrogen and oxygen atoms in total. The van der Waals surface area contributed by atoms with E-state index >= 15 is 0 Å². The van der Waals surface area contributed by atoms with Crippen LogP contribution in [0.15, 0.2) is 42.6 Å². The minimum atomic E-state index is -0.208. The fourth-order valence-corrected chi connectivity index (χ4v) is 1.90. The van der Waals surface area contributed by atoms with Crippen LogP contribution in [0.25, 0.3) is 0 Å². The van der Waals surface area contributed by atoms with E-state index in [1.165, 1.54) is 0 Å². The van der Waals surface area contributed by atoms with Gasteiger partial charge in [-0.05, 0) is 36.2 Å². The van der Waals surface area contributed by atoms with Crippen molar-refractivity contribution in [2.45, 2.75) is 6.42 Å². The van der Waals surface area contributed by atoms with E-state index in [1.54, 1.807) is 18.3 Å². The summed E-state index contributed by atoms with van der Waals surface area (Å²) in [5.74, 6) is 5.47. The van der Waals surface area contributed by atoms with E-state index in [0.29, 0.717) is 22.9 Å². The van der Waals surface area contributed by atoms with Crippen molar-refractivity contribution < 1.29 is 4.79 Å². The maximum absolute atomic E-state index is 12.0. The number of hydrogen-bond donors (Lipinski definition) is 3. The Balaban J connectivity index is 1.90. The first kappa shape index (κ1) is 14.3. The fourth-order valence-electron chi connectivity index (χ4n) is 1.77. The molecule has 0 saturated heterocycles. The lowest BCUT2D eigenvalue weighted by Gasteiger charge is -2.08. The van der Waals surface area contributed by atoms with Gasteiger partial charge in [0.15, 0.2) is 5.82 Å². The first-order chi connectivity index (χ1) is 9.70. The van der Waals surface area contributed by atoms with Gasteiger partial charge in [-0.25, -0.2) is 10.8 Å². The van der Waals surface area contributed by atoms with Crippen molar-refractivity contribution in [1.82, 2.24) is 10.3 Å². The van der Waals surface area contributed by atoms with Crippen LogP contribution in [0, 0.1) is 0 Å². The standard InChI is InChI=1S/C14H15ClN4O/c15-11-5-3-10(4-6-11)7-9-18-14(20)12-2-1-8-17-13(12)19-16/h1-6,8H,7,9,16H2,(H,17,19)(H,18,20). The minimum absolute atomic E-state index is 0.208. The number of nitrogens with one attached hydrogen (secondary N) is 2. The van der Waals surface area contributed by atoms with Crippen molar-refractivity contribution >= 4 is 23.3 Å². The fraction of sp³-hybridized carbons (Fsp3) is 0.143. The van der Waals surface area contributed by atoms with Crippen molar-refractivity contribution in [2.75, 3.05) is 12.0 Å². The predicted molar refractivity (Wildman–Crippen MR) is 79.5 cm³/mol. The third kappa shape index (κ3) is 3.69. The van der Waals surface area contributed by atoms with Crippen LogP contribution >= 0.6 is 11.6 Å². The number of hydrogen-bond acceptors (Lipinski definition) is 4. The molecule has 6 heteroatoms. The molecule has 1 heterocycles. The summed E-state index contributed by atoms with van der Waals surface area (Å²) in [4.78, 5) is 16.0. The maximum Gasteiger partial charge on any atom is 0.255 e. The van der Waals surface area contributed by atoms with Gasteiger partial charge in [-0.3, -0.25) is 4.79 Å². The number of aromatic nitrogens is 1. The SMILES string of the molecule is NNc1ncccc1C(=O)NCCc1ccc(Cl)cc1. The molecule has 20 heavy (non-hydrogen) atoms. The van der Waals surface area contributed by atoms with Crippen molar-refractivity contribution in [2.24, 2.45) is 5.84 Å². The summed E-state index contributed by atoms with van der Waals surface area (Å²) in [7, 11) is 0. The second-order valence-corrected chi connectivity index (χ2v) is 4.61. The molecule has 1 aromatic carbocycles. The summed E-state index contributed by atoms with van der Waals surface area (Å²) in [5, 5.41) is 3.53. The summed E-state index contributed by atoms with van der Waals surface area (Å²) in [6, 6.07) is 10.9. The Hall–Kier alpha value is -2.11. The van der Waals surface area contributed by atoms with Gasteiger partial charge >= 0.3 is 0 Å². The molecule has 0 unspecified atom stereocenters. The summed E-state index contributed by atoms with van der Waals surface area (Å²) < 4.78 is 0. The quantitative estimate of drug-likeness (QED) is 0.581. The molecule has 0 bridgehead atoms. The molecule has 0 atom stereocenters. The second kappa shape index (κ2) is 6.88. The summed E-state index contributed by atoms with van der Waals surface area (Å²) >= 11 is 5.81. The molecule has 0 aliphatic rings. The molecule has 0 saturated carbocycles. The molecule has 0 spiro atoms. The van der Waals surface area contributed by atoms with Crippen LogP contribution in [-0.2, 0) is 6.42 Å². The number of pyridine rings is 1. The van der Waals surface area contributed by atoms with E-state index in [0.717, 1.165) is 12.0 Å². The molecule has 2 aromatic rings. The van der Waals surface area contributed by atoms with Gasteiger partial charge in [-0.1, -0.05) is 23.7 Å². The normalized spacial score (nSPS) is 10.1. The topological polar surface area (TPSA) is 80.0 Å². The minimum Gasteiger partial charge on any atom is -0.352 e. The number of benzene rings is 1. The third-order valence-electron chi connectivity index (χ3n) is 2.80. The van der Waals surface area contributed by atoms with Crippen molar-refractivity contribution in [1.29, 1.82) is 0 Å². The van der Waals surface area contributed by atoms with Gasteiger partial charge in [0.1, 0.15) is 0 Å². The van der Waals surface area contributed by atoms with Crippen LogP contribution < -0.4 is 16.6 Å². The Bertz CT molecular complexity index is 586. The molecule has 4 N–H and O–H groups in total. The Morgan fingerprint density at radius 2 is 2.00 bits per heavy atom. The highest BCUT2D eigenvalue weighted by Gasteiger charge is 2.10. The molecule has 0 fully saturated rings. The maximum atomic E-state index is 12.0. The van der Waals surface area contributed by atoms with Gasteiger partial charge in [0, 0.05) is 17.8 Å². The predicted octanol–water partition coefficient (Wildman–Crippen LogP) is 1.99. The zero-order chi connectivity index (χ0) is 14.4. The molecule has 2 rings (SSSR count). The molecular weight excluding hydrogens is 276 g/mol. The van der Waals surface area contributed by atoms with Crippen LogP contribution in [0.1, 0.15) is 15.9 Å². The number of carbonyl (C=O) groups is 1. The largest absolute Gasteiger partial charge is 0.352 e. The molecule has 0 aliphatic carbocycles. The van der Waals surface area contributed by atoms with E-state index in [9.17, 15) is 4.79 Å². The number of nitrogens with zero attached hydrogens (tertiary/aromatic N) is 1. The number of anilines is 1. The zero-order valence-electron chi connectivity index (χ0n) is 10.8. The van der Waals surface area contributed by atoms with Gasteiger partial charge in [-0.15, -0.1) is 0 Å². The van der Waals surface area contributed by atoms with E-state index in [4.69, 9.17) is 17.4 Å². The molecule has 1 amide bonds. The monoisotopic (exact) mass is 290 g/mol. The zero-order valence-corrected chi connectivity index (χ0v) is 11.5. The number of carbonyl (C=O) groups excluding carboxylic acids is 1. The average Bonchev–Trinajstić information content (AvgIpc) is 2.49. The third-order valence-corrected chi connectivity index (χ3v) is 3.05. The smallest absolute Gasteiger partial charge is 0.255 e. The highest BCUT2D eigenvalue weighted by atomic mass is 35.5. The van der Waals surface area contributed by atoms with Crippen LogP contribution in [0.5, 0.6) is 0 Å². The average molecular weight is 291 g/mol. The lowest BCUT2D eigenvalue weighted by atomic mass is 10.1. The molecular formula is C14H15ClN4O. The highest BCUT2D eigenvalue weighted by molar-refractivity contribution is 6.30. The van der Waals surface area contributed by atoms with E-state index in [1.807, 2.05) is 24.3 Å². The van der Waals surface area contributed by atoms with Crippen LogP contribution in [0.3, 0.4) is 0 Å². The lowest BCUT2D eigenvalue weighted by molar-refractivity contribution is 0.0954. The number of nitrogens with two attached hydrogens (primary N) is 1. The van der Waals surface area contributed by atoms with Crippen molar-refractivity contribution in [3.05, 3.63) is 58.7 Å². The summed E-state index contributed by atoms with van der Waals surface area (Å²) in [6.07, 6.45) is 2.30. The Labute approximate surface area is 122 Å². The van der Waals surface area contributed by atoms with Gasteiger partial charge in [-0.2, -0.15) is 0 Å². The molecule has 1 aromatic heterocycles. The van der Waals surface area contributed by atoms with Gasteiger partial charge in [0.05, 0.1) is 5.56 Å². The van der Waals surface area contributed by atoms with Crippen LogP contribution in [0.2, 0.25) is 5.02 Å². The van der Waals surface area contributed by atoms with Crippen molar-refractivity contribution in [3.63, 3.8) is 0 Å². The first-order valence-corrected chi connectivity index (χ1v) is 6.53. The van der Waals surface area contributed by atoms with Crippen LogP contribution in [-0.4, -0.2) is 17.4 Å². The van der Waals surface area contributed by atoms with Gasteiger partial charge in [0.2, 0.25) is 0 Å². The number of hydrazine groups is 1. The van der Waals surface area contributed by atoms with E-state index in [-0.39, 0.29) is 5.91 Å². The van der Waals surface area contributed by atoms with Crippen LogP contribution in [0.4, 0.5) is 5.82 Å². The molecule has 104 valence electrons. The lowest BCUT2D eigenvalue weighted by Crippen LogP contribution is -2.27. The molecule has 0 radical (unpaired) electrons. The number of nitrogen functional groups attached to an aromatic ring is 1. The number of amides is 1. The number of halogens is 1. The highest BCUT2D eigenvalue weighted by Crippen LogP contribution is 2.11. The Morgan fingerprint density at radius 1 is 1.25 bits per heavy atom. The van der Waals surface area contributed by atoms with E-state index < -0.39 is 0 Å². The Morgan fingerprint density at radius 3 is 2.70 bits per heavy atom. The van der Waals surface area contributed by atoms with Gasteiger partial charge in [0.25, 0.3) is 5.91 Å². The summed E-state index contributed by atoms with van der Waals surface area (Å²) in [6.45, 7) is 0.527. The molecule has 0 aliphatic heterocycles. The number of rotatable bonds is 5. The van der Waals surface area contributed by atoms with Gasteiger partial charge < -0.3 is 10.7 Å².